The number of carboxylic acid groups (broad SMARTS) is 4. The molecule has 4 N–H and O–H groups in total. The van der Waals surface area contributed by atoms with Gasteiger partial charge in [0.25, 0.3) is 22.8 Å². The van der Waals surface area contributed by atoms with Crippen LogP contribution in [0.4, 0.5) is 17.1 Å². The van der Waals surface area contributed by atoms with E-state index in [1.54, 1.807) is 48.5 Å². The van der Waals surface area contributed by atoms with Crippen molar-refractivity contribution in [3.8, 4) is 0 Å². The highest BCUT2D eigenvalue weighted by molar-refractivity contribution is 6.31. The molecule has 0 heterocycles. The van der Waals surface area contributed by atoms with E-state index in [2.05, 4.69) is 30.4 Å². The van der Waals surface area contributed by atoms with E-state index in [-0.39, 0.29) is 0 Å². The highest BCUT2D eigenvalue weighted by Gasteiger charge is 2.17. The van der Waals surface area contributed by atoms with Crippen molar-refractivity contribution in [2.75, 3.05) is 4.90 Å². The summed E-state index contributed by atoms with van der Waals surface area (Å²) < 4.78 is 0. The van der Waals surface area contributed by atoms with Gasteiger partial charge < -0.3 is 25.3 Å². The molecule has 0 spiro atoms. The fraction of sp³-hybridized carbons (Fsp3) is 0. The van der Waals surface area contributed by atoms with E-state index in [9.17, 15) is 39.6 Å². The molecule has 91 heavy (non-hydrogen) atoms. The van der Waals surface area contributed by atoms with E-state index < -0.39 is 46.7 Å². The largest absolute Gasteiger partial charge is 0.486 e. The van der Waals surface area contributed by atoms with E-state index >= 15 is 0 Å². The average molecular weight is 1230 g/mol. The van der Waals surface area contributed by atoms with E-state index in [0.29, 0.717) is 32.3 Å². The second-order valence-electron chi connectivity index (χ2n) is 20.1. The number of benzene rings is 9. The van der Waals surface area contributed by atoms with Crippen molar-refractivity contribution >= 4 is 123 Å². The third-order valence-corrected chi connectivity index (χ3v) is 14.7. The molecule has 0 saturated carbocycles. The first kappa shape index (κ1) is 62.9. The number of aliphatic carboxylic acids is 4. The molecule has 0 saturated heterocycles. The highest BCUT2D eigenvalue weighted by Crippen LogP contribution is 2.38. The lowest BCUT2D eigenvalue weighted by molar-refractivity contribution is -0.133. The first-order valence-corrected chi connectivity index (χ1v) is 28.2. The lowest BCUT2D eigenvalue weighted by Gasteiger charge is -2.26. The third kappa shape index (κ3) is 16.1. The van der Waals surface area contributed by atoms with Crippen LogP contribution >= 0.6 is 23.2 Å². The SMILES string of the molecule is [C-]#[N+]C(=Cc1ccc(C(=Cc2ccc(N(c3ccc(C=C(c4ccc(Cl)cc4)c4ccc(Cl)cc4)cc3)c3ccc(C=C(c4ccc(C=C([N+]#[C-])C(=O)O)cc4)c4ccc(C=C([N+]#[C-])C(=O)O)cc4)cc3)cc2)c2ccc(C=C([N+]#[C-])C(=O)O)cc2)cc1)C(=O)O. The van der Waals surface area contributed by atoms with E-state index in [1.165, 1.54) is 24.3 Å². The van der Waals surface area contributed by atoms with Crippen LogP contribution in [0.3, 0.4) is 0 Å². The van der Waals surface area contributed by atoms with Crippen molar-refractivity contribution in [3.63, 3.8) is 0 Å². The number of halogens is 2. The van der Waals surface area contributed by atoms with Gasteiger partial charge in [-0.1, -0.05) is 181 Å². The lowest BCUT2D eigenvalue weighted by Crippen LogP contribution is -2.09. The molecule has 9 aromatic rings. The van der Waals surface area contributed by atoms with Gasteiger partial charge in [-0.15, -0.1) is 0 Å². The van der Waals surface area contributed by atoms with Crippen LogP contribution in [-0.4, -0.2) is 44.3 Å². The van der Waals surface area contributed by atoms with Crippen LogP contribution in [0.1, 0.15) is 72.3 Å². The Morgan fingerprint density at radius 2 is 0.440 bits per heavy atom. The maximum Gasteiger partial charge on any atom is 0.333 e. The van der Waals surface area contributed by atoms with Crippen molar-refractivity contribution in [1.82, 2.24) is 0 Å². The van der Waals surface area contributed by atoms with Gasteiger partial charge in [0.05, 0.1) is 26.3 Å². The molecule has 0 aliphatic rings. The van der Waals surface area contributed by atoms with Gasteiger partial charge in [0.2, 0.25) is 0 Å². The molecule has 0 aliphatic carbocycles. The van der Waals surface area contributed by atoms with Crippen LogP contribution in [0, 0.1) is 26.3 Å². The van der Waals surface area contributed by atoms with Gasteiger partial charge in [0, 0.05) is 27.1 Å². The Bertz CT molecular complexity index is 4220. The van der Waals surface area contributed by atoms with Crippen molar-refractivity contribution in [3.05, 3.63) is 369 Å². The predicted octanol–water partition coefficient (Wildman–Crippen LogP) is 18.6. The number of hydrogen-bond donors (Lipinski definition) is 4. The summed E-state index contributed by atoms with van der Waals surface area (Å²) in [7, 11) is 0. The minimum atomic E-state index is -1.34. The fourth-order valence-electron chi connectivity index (χ4n) is 9.60. The topological polar surface area (TPSA) is 170 Å². The Kier molecular flexibility index (Phi) is 20.2. The quantitative estimate of drug-likeness (QED) is 0.0329. The zero-order valence-corrected chi connectivity index (χ0v) is 49.3. The molecule has 0 fully saturated rings. The summed E-state index contributed by atoms with van der Waals surface area (Å²) in [6.45, 7) is 29.3. The van der Waals surface area contributed by atoms with Gasteiger partial charge in [-0.25, -0.2) is 19.4 Å². The molecule has 438 valence electrons. The number of anilines is 3. The summed E-state index contributed by atoms with van der Waals surface area (Å²) in [6.07, 6.45) is 11.2. The second kappa shape index (κ2) is 29.2. The molecular formula is C76H47Cl2N5O8. The normalized spacial score (nSPS) is 11.3. The summed E-state index contributed by atoms with van der Waals surface area (Å²) in [5, 5.41) is 39.3. The number of carbonyl (C=O) groups is 4. The molecule has 0 aromatic heterocycles. The maximum absolute atomic E-state index is 11.7. The van der Waals surface area contributed by atoms with Gasteiger partial charge in [-0.05, 0) is 192 Å². The molecule has 0 unspecified atom stereocenters. The molecule has 0 atom stereocenters. The van der Waals surface area contributed by atoms with Gasteiger partial charge >= 0.3 is 23.9 Å². The van der Waals surface area contributed by atoms with Crippen LogP contribution < -0.4 is 4.90 Å². The van der Waals surface area contributed by atoms with E-state index in [1.807, 2.05) is 182 Å². The Morgan fingerprint density at radius 1 is 0.275 bits per heavy atom. The molecule has 0 amide bonds. The summed E-state index contributed by atoms with van der Waals surface area (Å²) in [5.74, 6) is -5.37. The maximum atomic E-state index is 11.7. The molecular weight excluding hydrogens is 1180 g/mol. The van der Waals surface area contributed by atoms with Crippen LogP contribution in [0.5, 0.6) is 0 Å². The molecule has 0 bridgehead atoms. The Labute approximate surface area is 534 Å². The number of nitrogens with zero attached hydrogens (tertiary/aromatic N) is 5. The standard InChI is InChI=1S/C76H47Cl2N5O8/c1-79-69(73(84)85)44-51-5-19-55(20-6-51)66(56-21-7-52(8-22-56)45-70(80-2)74(86)87)41-48-13-35-63(36-14-48)83(65-39-17-50(18-40-65)43-68(59-27-31-61(77)32-28-59)60-29-33-62(78)34-30-60)64-37-15-49(16-38-64)42-67(57-23-9-53(10-24-57)46-71(81-3)75(88)89)58-25-11-54(12-26-58)47-72(82-4)76(90)91/h5-47H,(H,84,85)(H,86,87)(H,88,89)(H,90,91). The first-order chi connectivity index (χ1) is 44.0. The van der Waals surface area contributed by atoms with Crippen LogP contribution in [0.15, 0.2) is 241 Å². The molecule has 0 radical (unpaired) electrons. The number of hydrogen-bond acceptors (Lipinski definition) is 5. The zero-order chi connectivity index (χ0) is 64.6. The minimum Gasteiger partial charge on any atom is -0.486 e. The van der Waals surface area contributed by atoms with Crippen LogP contribution in [0.25, 0.3) is 78.6 Å². The van der Waals surface area contributed by atoms with Gasteiger partial charge in [0.1, 0.15) is 0 Å². The predicted molar refractivity (Wildman–Crippen MR) is 360 cm³/mol. The number of carboxylic acids is 4. The molecule has 13 nitrogen and oxygen atoms in total. The van der Waals surface area contributed by atoms with Gasteiger partial charge in [-0.3, -0.25) is 19.2 Å². The van der Waals surface area contributed by atoms with Gasteiger partial charge in [0.15, 0.2) is 0 Å². The van der Waals surface area contributed by atoms with Gasteiger partial charge in [-0.2, -0.15) is 0 Å². The van der Waals surface area contributed by atoms with E-state index in [4.69, 9.17) is 49.5 Å². The van der Waals surface area contributed by atoms with Crippen molar-refractivity contribution in [1.29, 1.82) is 0 Å². The second-order valence-corrected chi connectivity index (χ2v) is 20.9. The summed E-state index contributed by atoms with van der Waals surface area (Å²) >= 11 is 12.7. The first-order valence-electron chi connectivity index (χ1n) is 27.5. The van der Waals surface area contributed by atoms with Crippen LogP contribution in [0.2, 0.25) is 10.0 Å². The van der Waals surface area contributed by atoms with Crippen LogP contribution in [-0.2, 0) is 19.2 Å². The summed E-state index contributed by atoms with van der Waals surface area (Å²) in [5.41, 5.74) is 12.6. The molecule has 9 aromatic carbocycles. The number of rotatable bonds is 20. The smallest absolute Gasteiger partial charge is 0.333 e. The van der Waals surface area contributed by atoms with E-state index in [0.717, 1.165) is 83.9 Å². The molecule has 0 aliphatic heterocycles. The molecule has 9 rings (SSSR count). The summed E-state index contributed by atoms with van der Waals surface area (Å²) in [4.78, 5) is 61.3. The van der Waals surface area contributed by atoms with Crippen molar-refractivity contribution < 1.29 is 39.6 Å². The third-order valence-electron chi connectivity index (χ3n) is 14.2. The average Bonchev–Trinajstić information content (AvgIpc) is 1.48. The Balaban J connectivity index is 1.15. The van der Waals surface area contributed by atoms with Crippen molar-refractivity contribution in [2.24, 2.45) is 0 Å². The fourth-order valence-corrected chi connectivity index (χ4v) is 9.85. The Hall–Kier alpha value is -12.6. The lowest BCUT2D eigenvalue weighted by atomic mass is 9.93. The Morgan fingerprint density at radius 3 is 0.615 bits per heavy atom. The minimum absolute atomic E-state index is 0.438. The monoisotopic (exact) mass is 1230 g/mol. The summed E-state index contributed by atoms with van der Waals surface area (Å²) in [6, 6.07) is 67.5. The zero-order valence-electron chi connectivity index (χ0n) is 47.7. The highest BCUT2D eigenvalue weighted by atomic mass is 35.5. The van der Waals surface area contributed by atoms with Crippen molar-refractivity contribution in [2.45, 2.75) is 0 Å². The molecule has 15 heteroatoms.